The van der Waals surface area contributed by atoms with Crippen LogP contribution in [0.3, 0.4) is 0 Å². The first kappa shape index (κ1) is 44.6. The fourth-order valence-corrected chi connectivity index (χ4v) is 7.12. The van der Waals surface area contributed by atoms with Crippen molar-refractivity contribution in [2.45, 2.75) is 91.3 Å². The number of imidazole rings is 1. The lowest BCUT2D eigenvalue weighted by Gasteiger charge is -2.28. The summed E-state index contributed by atoms with van der Waals surface area (Å²) in [6, 6.07) is 15.7. The number of aromatic amines is 1. The molecular weight excluding hydrogens is 719 g/mol. The molecule has 2 bridgehead atoms. The van der Waals surface area contributed by atoms with Gasteiger partial charge in [0.05, 0.1) is 24.0 Å². The third-order valence-corrected chi connectivity index (χ3v) is 10.4. The number of fused-ring (bicyclic) bond motifs is 4. The smallest absolute Gasteiger partial charge is 0.247 e. The number of hydrogen-bond acceptors (Lipinski definition) is 5. The quantitative estimate of drug-likeness (QED) is 0.271. The van der Waals surface area contributed by atoms with Gasteiger partial charge < -0.3 is 24.8 Å². The number of ether oxygens (including phenoxy) is 1. The number of rotatable bonds is 6. The van der Waals surface area contributed by atoms with Gasteiger partial charge >= 0.3 is 0 Å². The number of hydrogen-bond donors (Lipinski definition) is 2. The van der Waals surface area contributed by atoms with Crippen molar-refractivity contribution in [2.75, 3.05) is 25.0 Å². The zero-order valence-corrected chi connectivity index (χ0v) is 34.3. The average Bonchev–Trinajstić information content (AvgIpc) is 3.85. The topological polar surface area (TPSA) is 108 Å². The Balaban J connectivity index is 0.00000225. The van der Waals surface area contributed by atoms with Crippen LogP contribution in [0.1, 0.15) is 90.2 Å². The monoisotopic (exact) mass is 775 g/mol. The molecule has 6 rings (SSSR count). The lowest BCUT2D eigenvalue weighted by atomic mass is 9.96. The van der Waals surface area contributed by atoms with Crippen LogP contribution in [0.4, 0.5) is 5.69 Å². The Bertz CT molecular complexity index is 1580. The fourth-order valence-electron chi connectivity index (χ4n) is 7.12. The number of benzene rings is 2. The summed E-state index contributed by atoms with van der Waals surface area (Å²) in [6.45, 7) is 10.6. The van der Waals surface area contributed by atoms with Gasteiger partial charge in [-0.05, 0) is 67.7 Å². The Morgan fingerprint density at radius 1 is 0.843 bits per heavy atom. The van der Waals surface area contributed by atoms with Crippen LogP contribution >= 0.6 is 54.0 Å². The number of carbonyl (C=O) groups excluding carboxylic acids is 3. The Morgan fingerprint density at radius 3 is 2.14 bits per heavy atom. The summed E-state index contributed by atoms with van der Waals surface area (Å²) in [5, 5.41) is 3.04. The Labute approximate surface area is 331 Å². The predicted molar refractivity (Wildman–Crippen MR) is 225 cm³/mol. The minimum Gasteiger partial charge on any atom is -0.375 e. The maximum Gasteiger partial charge on any atom is 0.247 e. The minimum absolute atomic E-state index is 0. The number of aromatic nitrogens is 2. The Morgan fingerprint density at radius 2 is 1.47 bits per heavy atom. The van der Waals surface area contributed by atoms with E-state index in [1.54, 1.807) is 4.90 Å². The molecule has 2 saturated heterocycles. The molecule has 2 fully saturated rings. The molecule has 0 radical (unpaired) electrons. The van der Waals surface area contributed by atoms with E-state index in [2.05, 4.69) is 34.6 Å². The maximum atomic E-state index is 13.3. The van der Waals surface area contributed by atoms with Gasteiger partial charge in [0.2, 0.25) is 17.7 Å². The van der Waals surface area contributed by atoms with Crippen molar-refractivity contribution in [2.24, 2.45) is 17.8 Å². The normalized spacial score (nSPS) is 21.0. The second-order valence-corrected chi connectivity index (χ2v) is 14.0. The minimum atomic E-state index is -0.425. The fraction of sp³-hybridized carbons (Fsp3) is 0.526. The molecule has 9 nitrogen and oxygen atoms in total. The lowest BCUT2D eigenvalue weighted by molar-refractivity contribution is -0.140. The van der Waals surface area contributed by atoms with Gasteiger partial charge in [0.15, 0.2) is 0 Å². The molecule has 1 aromatic heterocycles. The Hall–Kier alpha value is -2.58. The van der Waals surface area contributed by atoms with Crippen molar-refractivity contribution in [1.82, 2.24) is 19.8 Å². The van der Waals surface area contributed by atoms with Gasteiger partial charge in [0.25, 0.3) is 0 Å². The third-order valence-electron chi connectivity index (χ3n) is 10.4. The molecule has 4 heterocycles. The summed E-state index contributed by atoms with van der Waals surface area (Å²) in [5.74, 6) is 1.15. The van der Waals surface area contributed by atoms with E-state index in [4.69, 9.17) is 9.72 Å². The number of H-pyrrole nitrogens is 1. The van der Waals surface area contributed by atoms with Crippen LogP contribution < -0.4 is 5.32 Å². The van der Waals surface area contributed by atoms with Crippen molar-refractivity contribution >= 4 is 77.4 Å². The molecule has 3 aromatic rings. The molecule has 2 N–H and O–H groups in total. The molecule has 0 aliphatic carbocycles. The summed E-state index contributed by atoms with van der Waals surface area (Å²) in [4.78, 5) is 51.9. The second-order valence-electron chi connectivity index (χ2n) is 14.0. The zero-order chi connectivity index (χ0) is 33.1. The van der Waals surface area contributed by atoms with E-state index in [-0.39, 0.29) is 95.5 Å². The van der Waals surface area contributed by atoms with E-state index < -0.39 is 6.04 Å². The van der Waals surface area contributed by atoms with Gasteiger partial charge in [-0.25, -0.2) is 4.98 Å². The molecule has 13 heteroatoms. The van der Waals surface area contributed by atoms with Crippen LogP contribution in [0, 0.1) is 17.8 Å². The highest BCUT2D eigenvalue weighted by Gasteiger charge is 2.37. The first-order chi connectivity index (χ1) is 22.7. The molecule has 3 aliphatic heterocycles. The van der Waals surface area contributed by atoms with E-state index >= 15 is 0 Å². The number of nitrogens with zero attached hydrogens (tertiary/aromatic N) is 3. The second kappa shape index (κ2) is 20.0. The highest BCUT2D eigenvalue weighted by atomic mass is 32.1. The standard InChI is InChI=1S/C38H49N5O4.4H2S/c1-24(2)26(4)38(46)43-21-8-11-33(43)36(44)39-30-18-16-28(17-19-30)27-12-14-29(15-13-27)34-31-23-47-22-6-5-9-25(3)37(45)42-20-7-10-32(42)35(40-31)41-34;;;;/h12-19,24-26,32-33H,5-11,20-23H2,1-4H3,(H,39,44)(H,40,41);4*1H2/t25-,26-,32-,33-;;;;/m0..../s1. The molecule has 4 atom stereocenters. The predicted octanol–water partition coefficient (Wildman–Crippen LogP) is 7.42. The number of carbonyl (C=O) groups is 3. The molecule has 0 saturated carbocycles. The summed E-state index contributed by atoms with van der Waals surface area (Å²) in [5.41, 5.74) is 5.62. The van der Waals surface area contributed by atoms with E-state index in [1.165, 1.54) is 0 Å². The summed E-state index contributed by atoms with van der Waals surface area (Å²) in [7, 11) is 0. The van der Waals surface area contributed by atoms with Crippen LogP contribution in [0.15, 0.2) is 48.5 Å². The first-order valence-electron chi connectivity index (χ1n) is 17.5. The maximum absolute atomic E-state index is 13.3. The molecule has 0 unspecified atom stereocenters. The average molecular weight is 776 g/mol. The Kier molecular flexibility index (Phi) is 17.5. The van der Waals surface area contributed by atoms with E-state index in [0.717, 1.165) is 79.0 Å². The molecule has 0 spiro atoms. The van der Waals surface area contributed by atoms with E-state index in [9.17, 15) is 14.4 Å². The van der Waals surface area contributed by atoms with Crippen molar-refractivity contribution < 1.29 is 19.1 Å². The largest absolute Gasteiger partial charge is 0.375 e. The highest BCUT2D eigenvalue weighted by Crippen LogP contribution is 2.36. The molecule has 51 heavy (non-hydrogen) atoms. The molecule has 2 aromatic carbocycles. The summed E-state index contributed by atoms with van der Waals surface area (Å²) in [6.07, 6.45) is 6.24. The summed E-state index contributed by atoms with van der Waals surface area (Å²) < 4.78 is 6.06. The van der Waals surface area contributed by atoms with Gasteiger partial charge in [0.1, 0.15) is 11.9 Å². The van der Waals surface area contributed by atoms with Gasteiger partial charge in [-0.2, -0.15) is 54.0 Å². The molecular formula is C38H57N5O4S4. The number of nitrogens with one attached hydrogen (secondary N) is 2. The molecule has 282 valence electrons. The van der Waals surface area contributed by atoms with Crippen molar-refractivity contribution in [3.8, 4) is 22.4 Å². The molecule has 3 amide bonds. The van der Waals surface area contributed by atoms with Crippen LogP contribution in [-0.4, -0.2) is 63.2 Å². The first-order valence-corrected chi connectivity index (χ1v) is 17.5. The number of anilines is 1. The van der Waals surface area contributed by atoms with Crippen LogP contribution in [0.2, 0.25) is 0 Å². The SMILES string of the molecule is CC(C)[C@H](C)C(=O)N1CCC[C@H]1C(=O)Nc1ccc(-c2ccc(-c3nc4[nH]c3COCCCC[C@H](C)C(=O)N3CCC[C@@H]43)cc2)cc1.S.S.S.S. The van der Waals surface area contributed by atoms with Gasteiger partial charge in [-0.3, -0.25) is 14.4 Å². The van der Waals surface area contributed by atoms with Gasteiger partial charge in [-0.15, -0.1) is 0 Å². The summed E-state index contributed by atoms with van der Waals surface area (Å²) >= 11 is 0. The van der Waals surface area contributed by atoms with Crippen LogP contribution in [0.25, 0.3) is 22.4 Å². The zero-order valence-electron chi connectivity index (χ0n) is 30.3. The van der Waals surface area contributed by atoms with Crippen molar-refractivity contribution in [3.05, 3.63) is 60.0 Å². The van der Waals surface area contributed by atoms with Crippen LogP contribution in [-0.2, 0) is 25.7 Å². The van der Waals surface area contributed by atoms with E-state index in [0.29, 0.717) is 31.9 Å². The number of likely N-dealkylation sites (tertiary alicyclic amines) is 1. The van der Waals surface area contributed by atoms with Crippen molar-refractivity contribution in [3.63, 3.8) is 0 Å². The van der Waals surface area contributed by atoms with Gasteiger partial charge in [-0.1, -0.05) is 70.5 Å². The highest BCUT2D eigenvalue weighted by molar-refractivity contribution is 7.59. The number of amides is 3. The van der Waals surface area contributed by atoms with Gasteiger partial charge in [0, 0.05) is 42.8 Å². The lowest BCUT2D eigenvalue weighted by Crippen LogP contribution is -2.46. The van der Waals surface area contributed by atoms with Crippen LogP contribution in [0.5, 0.6) is 0 Å². The van der Waals surface area contributed by atoms with E-state index in [1.807, 2.05) is 56.9 Å². The van der Waals surface area contributed by atoms with Crippen molar-refractivity contribution in [1.29, 1.82) is 0 Å². The third kappa shape index (κ3) is 10.1. The molecule has 3 aliphatic rings.